The number of rotatable bonds is 7. The third-order valence-electron chi connectivity index (χ3n) is 5.46. The number of carbonyl (C=O) groups is 2. The van der Waals surface area contributed by atoms with Crippen LogP contribution in [0.2, 0.25) is 0 Å². The van der Waals surface area contributed by atoms with Crippen LogP contribution in [0.1, 0.15) is 35.2 Å². The Morgan fingerprint density at radius 1 is 1.07 bits per heavy atom. The van der Waals surface area contributed by atoms with E-state index in [1.54, 1.807) is 43.5 Å². The zero-order chi connectivity index (χ0) is 20.6. The molecular weight excluding hydrogens is 368 g/mol. The van der Waals surface area contributed by atoms with Gasteiger partial charge in [0, 0.05) is 5.56 Å². The number of piperidine rings is 1. The van der Waals surface area contributed by atoms with E-state index in [1.807, 2.05) is 12.1 Å². The molecular formula is C23H28N2O4. The molecule has 0 atom stereocenters. The van der Waals surface area contributed by atoms with E-state index in [0.717, 1.165) is 38.8 Å². The van der Waals surface area contributed by atoms with Crippen LogP contribution in [0.3, 0.4) is 0 Å². The molecule has 0 spiro atoms. The van der Waals surface area contributed by atoms with Gasteiger partial charge in [0.25, 0.3) is 5.91 Å². The normalized spacial score (nSPS) is 15.1. The number of benzene rings is 2. The highest BCUT2D eigenvalue weighted by atomic mass is 16.5. The number of likely N-dealkylation sites (tertiary alicyclic amines) is 1. The summed E-state index contributed by atoms with van der Waals surface area (Å²) in [6.07, 6.45) is 4.22. The van der Waals surface area contributed by atoms with E-state index in [0.29, 0.717) is 23.0 Å². The van der Waals surface area contributed by atoms with Gasteiger partial charge < -0.3 is 9.84 Å². The van der Waals surface area contributed by atoms with Gasteiger partial charge in [0.05, 0.1) is 13.7 Å². The van der Waals surface area contributed by atoms with Gasteiger partial charge in [-0.15, -0.1) is 0 Å². The molecule has 1 aliphatic heterocycles. The summed E-state index contributed by atoms with van der Waals surface area (Å²) < 4.78 is 5.07. The van der Waals surface area contributed by atoms with Crippen molar-refractivity contribution in [3.05, 3.63) is 59.7 Å². The largest absolute Gasteiger partial charge is 0.508 e. The van der Waals surface area contributed by atoms with Crippen LogP contribution in [-0.4, -0.2) is 48.6 Å². The maximum Gasteiger partial charge on any atom is 0.257 e. The number of imide groups is 1. The van der Waals surface area contributed by atoms with Crippen molar-refractivity contribution in [2.45, 2.75) is 25.7 Å². The quantitative estimate of drug-likeness (QED) is 0.752. The molecule has 1 saturated heterocycles. The first-order chi connectivity index (χ1) is 14.0. The van der Waals surface area contributed by atoms with E-state index < -0.39 is 0 Å². The lowest BCUT2D eigenvalue weighted by atomic mass is 9.90. The van der Waals surface area contributed by atoms with Crippen molar-refractivity contribution < 1.29 is 19.4 Å². The van der Waals surface area contributed by atoms with Crippen molar-refractivity contribution in [3.63, 3.8) is 0 Å². The minimum atomic E-state index is -0.388. The Morgan fingerprint density at radius 2 is 1.72 bits per heavy atom. The fourth-order valence-electron chi connectivity index (χ4n) is 3.65. The van der Waals surface area contributed by atoms with Crippen LogP contribution in [0.4, 0.5) is 0 Å². The summed E-state index contributed by atoms with van der Waals surface area (Å²) in [5, 5.41) is 11.8. The molecule has 0 radical (unpaired) electrons. The molecule has 0 bridgehead atoms. The Bertz CT molecular complexity index is 810. The highest BCUT2D eigenvalue weighted by Crippen LogP contribution is 2.23. The lowest BCUT2D eigenvalue weighted by molar-refractivity contribution is -0.121. The average Bonchev–Trinajstić information content (AvgIpc) is 2.74. The zero-order valence-electron chi connectivity index (χ0n) is 16.8. The van der Waals surface area contributed by atoms with Crippen LogP contribution < -0.4 is 10.1 Å². The molecule has 2 aromatic rings. The number of phenols is 1. The second-order valence-electron chi connectivity index (χ2n) is 7.53. The Morgan fingerprint density at radius 3 is 2.34 bits per heavy atom. The summed E-state index contributed by atoms with van der Waals surface area (Å²) in [5.41, 5.74) is 1.67. The van der Waals surface area contributed by atoms with Crippen molar-refractivity contribution >= 4 is 11.8 Å². The fourth-order valence-corrected chi connectivity index (χ4v) is 3.65. The van der Waals surface area contributed by atoms with Crippen molar-refractivity contribution in [1.29, 1.82) is 0 Å². The Kier molecular flexibility index (Phi) is 7.25. The first-order valence-corrected chi connectivity index (χ1v) is 10.0. The van der Waals surface area contributed by atoms with Gasteiger partial charge in [-0.25, -0.2) is 0 Å². The molecule has 6 heteroatoms. The topological polar surface area (TPSA) is 78.9 Å². The minimum Gasteiger partial charge on any atom is -0.508 e. The number of nitrogens with zero attached hydrogens (tertiary/aromatic N) is 1. The van der Waals surface area contributed by atoms with Crippen LogP contribution in [-0.2, 0) is 11.2 Å². The second-order valence-corrected chi connectivity index (χ2v) is 7.53. The van der Waals surface area contributed by atoms with E-state index in [2.05, 4.69) is 10.2 Å². The van der Waals surface area contributed by atoms with Crippen molar-refractivity contribution in [1.82, 2.24) is 10.2 Å². The van der Waals surface area contributed by atoms with Gasteiger partial charge in [-0.05, 0) is 86.7 Å². The highest BCUT2D eigenvalue weighted by Gasteiger charge is 2.21. The first kappa shape index (κ1) is 20.9. The molecule has 0 saturated carbocycles. The Balaban J connectivity index is 1.37. The maximum absolute atomic E-state index is 12.2. The molecule has 2 N–H and O–H groups in total. The minimum absolute atomic E-state index is 0.243. The van der Waals surface area contributed by atoms with Gasteiger partial charge in [0.2, 0.25) is 5.91 Å². The van der Waals surface area contributed by atoms with E-state index >= 15 is 0 Å². The van der Waals surface area contributed by atoms with Gasteiger partial charge in [-0.3, -0.25) is 19.8 Å². The number of hydrogen-bond acceptors (Lipinski definition) is 5. The highest BCUT2D eigenvalue weighted by molar-refractivity contribution is 6.05. The Labute approximate surface area is 171 Å². The predicted octanol–water partition coefficient (Wildman–Crippen LogP) is 3.00. The third kappa shape index (κ3) is 6.32. The number of ether oxygens (including phenoxy) is 1. The monoisotopic (exact) mass is 396 g/mol. The van der Waals surface area contributed by atoms with Gasteiger partial charge in [-0.1, -0.05) is 12.1 Å². The third-order valence-corrected chi connectivity index (χ3v) is 5.46. The summed E-state index contributed by atoms with van der Waals surface area (Å²) >= 11 is 0. The SMILES string of the molecule is COc1ccc(C(=O)NC(=O)CN2CCC(CCc3ccc(O)cc3)CC2)cc1. The lowest BCUT2D eigenvalue weighted by Gasteiger charge is -2.31. The van der Waals surface area contributed by atoms with E-state index in [-0.39, 0.29) is 18.4 Å². The predicted molar refractivity (Wildman–Crippen MR) is 111 cm³/mol. The van der Waals surface area contributed by atoms with Gasteiger partial charge in [0.15, 0.2) is 0 Å². The van der Waals surface area contributed by atoms with Crippen molar-refractivity contribution in [2.75, 3.05) is 26.7 Å². The molecule has 0 aliphatic carbocycles. The van der Waals surface area contributed by atoms with Crippen LogP contribution >= 0.6 is 0 Å². The molecule has 2 amide bonds. The van der Waals surface area contributed by atoms with Crippen LogP contribution in [0.25, 0.3) is 0 Å². The molecule has 29 heavy (non-hydrogen) atoms. The van der Waals surface area contributed by atoms with Crippen LogP contribution in [0.5, 0.6) is 11.5 Å². The summed E-state index contributed by atoms with van der Waals surface area (Å²) in [6.45, 7) is 1.97. The molecule has 154 valence electrons. The number of amides is 2. The smallest absolute Gasteiger partial charge is 0.257 e. The van der Waals surface area contributed by atoms with E-state index in [4.69, 9.17) is 4.74 Å². The molecule has 2 aromatic carbocycles. The maximum atomic E-state index is 12.2. The molecule has 3 rings (SSSR count). The number of aromatic hydroxyl groups is 1. The number of aryl methyl sites for hydroxylation is 1. The lowest BCUT2D eigenvalue weighted by Crippen LogP contribution is -2.43. The van der Waals surface area contributed by atoms with Crippen LogP contribution in [0, 0.1) is 5.92 Å². The Hall–Kier alpha value is -2.86. The molecule has 1 aliphatic rings. The average molecular weight is 396 g/mol. The van der Waals surface area contributed by atoms with Crippen LogP contribution in [0.15, 0.2) is 48.5 Å². The number of nitrogens with one attached hydrogen (secondary N) is 1. The van der Waals surface area contributed by atoms with Crippen molar-refractivity contribution in [3.8, 4) is 11.5 Å². The first-order valence-electron chi connectivity index (χ1n) is 10.0. The van der Waals surface area contributed by atoms with Gasteiger partial charge in [-0.2, -0.15) is 0 Å². The van der Waals surface area contributed by atoms with E-state index in [9.17, 15) is 14.7 Å². The fraction of sp³-hybridized carbons (Fsp3) is 0.391. The zero-order valence-corrected chi connectivity index (χ0v) is 16.8. The summed E-state index contributed by atoms with van der Waals surface area (Å²) in [4.78, 5) is 26.5. The molecule has 1 heterocycles. The number of phenolic OH excluding ortho intramolecular Hbond substituents is 1. The summed E-state index contributed by atoms with van der Waals surface area (Å²) in [6, 6.07) is 14.1. The molecule has 1 fully saturated rings. The number of methoxy groups -OCH3 is 1. The van der Waals surface area contributed by atoms with Gasteiger partial charge >= 0.3 is 0 Å². The second kappa shape index (κ2) is 10.1. The molecule has 0 aromatic heterocycles. The summed E-state index contributed by atoms with van der Waals surface area (Å²) in [5.74, 6) is 0.950. The molecule has 6 nitrogen and oxygen atoms in total. The number of carbonyl (C=O) groups excluding carboxylic acids is 2. The van der Waals surface area contributed by atoms with Crippen molar-refractivity contribution in [2.24, 2.45) is 5.92 Å². The number of hydrogen-bond donors (Lipinski definition) is 2. The van der Waals surface area contributed by atoms with Gasteiger partial charge in [0.1, 0.15) is 11.5 Å². The summed E-state index contributed by atoms with van der Waals surface area (Å²) in [7, 11) is 1.56. The molecule has 0 unspecified atom stereocenters. The van der Waals surface area contributed by atoms with E-state index in [1.165, 1.54) is 5.56 Å². The standard InChI is InChI=1S/C23H28N2O4/c1-29-21-10-6-19(7-11-21)23(28)24-22(27)16-25-14-12-18(13-15-25)3-2-17-4-8-20(26)9-5-17/h4-11,18,26H,2-3,12-16H2,1H3,(H,24,27,28).